The third kappa shape index (κ3) is 3.03. The molecule has 0 unspecified atom stereocenters. The molecule has 0 spiro atoms. The Morgan fingerprint density at radius 3 is 2.88 bits per heavy atom. The number of nitrogens with two attached hydrogens (primary N) is 1. The lowest BCUT2D eigenvalue weighted by molar-refractivity contribution is 0.111. The first-order valence-corrected chi connectivity index (χ1v) is 5.48. The highest BCUT2D eigenvalue weighted by Crippen LogP contribution is 2.24. The Labute approximate surface area is 95.8 Å². The number of rotatable bonds is 6. The first-order valence-electron chi connectivity index (χ1n) is 5.48. The highest BCUT2D eigenvalue weighted by Gasteiger charge is 2.13. The average Bonchev–Trinajstić information content (AvgIpc) is 2.35. The smallest absolute Gasteiger partial charge is 0.168 e. The Morgan fingerprint density at radius 1 is 1.56 bits per heavy atom. The normalized spacial score (nSPS) is 12.2. The zero-order valence-corrected chi connectivity index (χ0v) is 9.77. The van der Waals surface area contributed by atoms with Gasteiger partial charge in [-0.25, -0.2) is 4.98 Å². The predicted octanol–water partition coefficient (Wildman–Crippen LogP) is 2.09. The van der Waals surface area contributed by atoms with Crippen LogP contribution in [0.2, 0.25) is 0 Å². The minimum atomic E-state index is -0.171. The SMILES string of the molecule is CCCC[C@H](N)c1nc(C=O)ccc1OC. The van der Waals surface area contributed by atoms with Gasteiger partial charge in [0.25, 0.3) is 0 Å². The van der Waals surface area contributed by atoms with Gasteiger partial charge >= 0.3 is 0 Å². The Hall–Kier alpha value is -1.42. The number of carbonyl (C=O) groups excluding carboxylic acids is 1. The van der Waals surface area contributed by atoms with Gasteiger partial charge in [0, 0.05) is 0 Å². The van der Waals surface area contributed by atoms with Crippen LogP contribution in [0.3, 0.4) is 0 Å². The quantitative estimate of drug-likeness (QED) is 0.748. The maximum absolute atomic E-state index is 10.7. The van der Waals surface area contributed by atoms with E-state index in [-0.39, 0.29) is 6.04 Å². The lowest BCUT2D eigenvalue weighted by atomic mass is 10.1. The fourth-order valence-corrected chi connectivity index (χ4v) is 1.54. The van der Waals surface area contributed by atoms with Gasteiger partial charge in [-0.05, 0) is 18.6 Å². The standard InChI is InChI=1S/C12H18N2O2/c1-3-4-5-10(13)12-11(16-2)7-6-9(8-15)14-12/h6-8,10H,3-5,13H2,1-2H3/t10-/m0/s1. The molecule has 1 rings (SSSR count). The summed E-state index contributed by atoms with van der Waals surface area (Å²) in [6.45, 7) is 2.11. The second-order valence-corrected chi connectivity index (χ2v) is 3.69. The van der Waals surface area contributed by atoms with Crippen molar-refractivity contribution in [3.63, 3.8) is 0 Å². The minimum absolute atomic E-state index is 0.171. The van der Waals surface area contributed by atoms with E-state index in [9.17, 15) is 4.79 Å². The lowest BCUT2D eigenvalue weighted by Gasteiger charge is -2.14. The molecule has 1 atom stereocenters. The Morgan fingerprint density at radius 2 is 2.31 bits per heavy atom. The summed E-state index contributed by atoms with van der Waals surface area (Å²) in [7, 11) is 1.58. The van der Waals surface area contributed by atoms with E-state index >= 15 is 0 Å². The molecule has 0 aromatic carbocycles. The van der Waals surface area contributed by atoms with Gasteiger partial charge < -0.3 is 10.5 Å². The third-order valence-electron chi connectivity index (χ3n) is 2.47. The Kier molecular flexibility index (Phi) is 4.92. The molecule has 0 saturated carbocycles. The van der Waals surface area contributed by atoms with E-state index in [2.05, 4.69) is 11.9 Å². The zero-order valence-electron chi connectivity index (χ0n) is 9.77. The first-order chi connectivity index (χ1) is 7.72. The second kappa shape index (κ2) is 6.23. The number of pyridine rings is 1. The van der Waals surface area contributed by atoms with Crippen LogP contribution in [0, 0.1) is 0 Å². The van der Waals surface area contributed by atoms with Gasteiger partial charge in [-0.1, -0.05) is 19.8 Å². The molecule has 0 aliphatic carbocycles. The molecule has 4 nitrogen and oxygen atoms in total. The van der Waals surface area contributed by atoms with Crippen molar-refractivity contribution in [2.24, 2.45) is 5.73 Å². The van der Waals surface area contributed by atoms with Gasteiger partial charge in [-0.2, -0.15) is 0 Å². The second-order valence-electron chi connectivity index (χ2n) is 3.69. The van der Waals surface area contributed by atoms with Crippen LogP contribution in [0.25, 0.3) is 0 Å². The van der Waals surface area contributed by atoms with Crippen molar-refractivity contribution >= 4 is 6.29 Å². The van der Waals surface area contributed by atoms with E-state index in [1.807, 2.05) is 0 Å². The van der Waals surface area contributed by atoms with E-state index < -0.39 is 0 Å². The summed E-state index contributed by atoms with van der Waals surface area (Å²) in [6.07, 6.45) is 3.69. The van der Waals surface area contributed by atoms with Crippen LogP contribution in [0.1, 0.15) is 48.4 Å². The monoisotopic (exact) mass is 222 g/mol. The molecule has 1 heterocycles. The van der Waals surface area contributed by atoms with E-state index in [0.717, 1.165) is 25.5 Å². The number of nitrogens with zero attached hydrogens (tertiary/aromatic N) is 1. The number of aromatic nitrogens is 1. The first kappa shape index (κ1) is 12.6. The number of aldehydes is 1. The van der Waals surface area contributed by atoms with Gasteiger partial charge in [0.05, 0.1) is 18.8 Å². The fraction of sp³-hybridized carbons (Fsp3) is 0.500. The predicted molar refractivity (Wildman–Crippen MR) is 62.6 cm³/mol. The molecule has 4 heteroatoms. The summed E-state index contributed by atoms with van der Waals surface area (Å²) in [6, 6.07) is 3.19. The zero-order chi connectivity index (χ0) is 12.0. The van der Waals surface area contributed by atoms with E-state index in [0.29, 0.717) is 17.1 Å². The molecule has 88 valence electrons. The van der Waals surface area contributed by atoms with Gasteiger partial charge in [-0.3, -0.25) is 4.79 Å². The van der Waals surface area contributed by atoms with Crippen LogP contribution in [-0.4, -0.2) is 18.4 Å². The molecular weight excluding hydrogens is 204 g/mol. The fourth-order valence-electron chi connectivity index (χ4n) is 1.54. The highest BCUT2D eigenvalue weighted by molar-refractivity contribution is 5.72. The van der Waals surface area contributed by atoms with Crippen LogP contribution in [0.15, 0.2) is 12.1 Å². The molecular formula is C12H18N2O2. The summed E-state index contributed by atoms with van der Waals surface area (Å²) in [4.78, 5) is 14.8. The highest BCUT2D eigenvalue weighted by atomic mass is 16.5. The van der Waals surface area contributed by atoms with Crippen molar-refractivity contribution in [3.05, 3.63) is 23.5 Å². The molecule has 0 saturated heterocycles. The van der Waals surface area contributed by atoms with Crippen LogP contribution >= 0.6 is 0 Å². The minimum Gasteiger partial charge on any atom is -0.495 e. The van der Waals surface area contributed by atoms with Crippen LogP contribution in [0.5, 0.6) is 5.75 Å². The molecule has 1 aromatic rings. The number of ether oxygens (including phenoxy) is 1. The third-order valence-corrected chi connectivity index (χ3v) is 2.47. The summed E-state index contributed by atoms with van der Waals surface area (Å²) in [5.41, 5.74) is 7.08. The molecule has 16 heavy (non-hydrogen) atoms. The number of unbranched alkanes of at least 4 members (excludes halogenated alkanes) is 1. The van der Waals surface area contributed by atoms with Crippen LogP contribution in [-0.2, 0) is 0 Å². The molecule has 2 N–H and O–H groups in total. The Balaban J connectivity index is 2.93. The maximum Gasteiger partial charge on any atom is 0.168 e. The van der Waals surface area contributed by atoms with Gasteiger partial charge in [0.2, 0.25) is 0 Å². The average molecular weight is 222 g/mol. The molecule has 1 aromatic heterocycles. The van der Waals surface area contributed by atoms with E-state index in [4.69, 9.17) is 10.5 Å². The molecule has 0 fully saturated rings. The van der Waals surface area contributed by atoms with Crippen molar-refractivity contribution in [1.29, 1.82) is 0 Å². The molecule has 0 bridgehead atoms. The summed E-state index contributed by atoms with van der Waals surface area (Å²) >= 11 is 0. The van der Waals surface area contributed by atoms with Gasteiger partial charge in [0.15, 0.2) is 6.29 Å². The summed E-state index contributed by atoms with van der Waals surface area (Å²) in [5, 5.41) is 0. The summed E-state index contributed by atoms with van der Waals surface area (Å²) < 4.78 is 5.19. The van der Waals surface area contributed by atoms with Crippen molar-refractivity contribution in [2.45, 2.75) is 32.2 Å². The number of methoxy groups -OCH3 is 1. The van der Waals surface area contributed by atoms with Crippen LogP contribution < -0.4 is 10.5 Å². The maximum atomic E-state index is 10.7. The van der Waals surface area contributed by atoms with Crippen molar-refractivity contribution < 1.29 is 9.53 Å². The van der Waals surface area contributed by atoms with Crippen molar-refractivity contribution in [2.75, 3.05) is 7.11 Å². The van der Waals surface area contributed by atoms with Gasteiger partial charge in [0.1, 0.15) is 11.4 Å². The summed E-state index contributed by atoms with van der Waals surface area (Å²) in [5.74, 6) is 0.647. The van der Waals surface area contributed by atoms with Gasteiger partial charge in [-0.15, -0.1) is 0 Å². The molecule has 0 aliphatic rings. The Bertz CT molecular complexity index is 353. The largest absolute Gasteiger partial charge is 0.495 e. The molecule has 0 amide bonds. The van der Waals surface area contributed by atoms with E-state index in [1.165, 1.54) is 0 Å². The van der Waals surface area contributed by atoms with E-state index in [1.54, 1.807) is 19.2 Å². The van der Waals surface area contributed by atoms with Crippen LogP contribution in [0.4, 0.5) is 0 Å². The molecule has 0 radical (unpaired) electrons. The molecule has 0 aliphatic heterocycles. The lowest BCUT2D eigenvalue weighted by Crippen LogP contribution is -2.14. The number of hydrogen-bond donors (Lipinski definition) is 1. The van der Waals surface area contributed by atoms with Crippen molar-refractivity contribution in [3.8, 4) is 5.75 Å². The number of carbonyl (C=O) groups is 1. The topological polar surface area (TPSA) is 65.2 Å². The number of hydrogen-bond acceptors (Lipinski definition) is 4. The van der Waals surface area contributed by atoms with Crippen molar-refractivity contribution in [1.82, 2.24) is 4.98 Å².